The Balaban J connectivity index is 1.80. The standard InChI is InChI=1S/C10H19NO/c1-2-4-10(5-3-1)11-6-8-12-9-7-11/h10H,1-9H2. The molecular weight excluding hydrogens is 150 g/mol. The maximum Gasteiger partial charge on any atom is 0.0594 e. The molecule has 2 rings (SSSR count). The van der Waals surface area contributed by atoms with Gasteiger partial charge in [-0.3, -0.25) is 4.90 Å². The fraction of sp³-hybridized carbons (Fsp3) is 1.00. The van der Waals surface area contributed by atoms with E-state index in [2.05, 4.69) is 4.90 Å². The Morgan fingerprint density at radius 1 is 0.917 bits per heavy atom. The number of morpholine rings is 1. The van der Waals surface area contributed by atoms with E-state index in [-0.39, 0.29) is 0 Å². The van der Waals surface area contributed by atoms with Crippen LogP contribution in [-0.2, 0) is 4.74 Å². The van der Waals surface area contributed by atoms with Crippen molar-refractivity contribution in [3.8, 4) is 0 Å². The van der Waals surface area contributed by atoms with Gasteiger partial charge in [-0.1, -0.05) is 19.3 Å². The monoisotopic (exact) mass is 169 g/mol. The summed E-state index contributed by atoms with van der Waals surface area (Å²) in [6.45, 7) is 4.25. The summed E-state index contributed by atoms with van der Waals surface area (Å²) >= 11 is 0. The number of rotatable bonds is 1. The Morgan fingerprint density at radius 2 is 1.58 bits per heavy atom. The summed E-state index contributed by atoms with van der Waals surface area (Å²) in [5, 5.41) is 0. The molecule has 1 aliphatic carbocycles. The lowest BCUT2D eigenvalue weighted by Crippen LogP contribution is -2.44. The average molecular weight is 169 g/mol. The number of ether oxygens (including phenoxy) is 1. The minimum absolute atomic E-state index is 0.891. The van der Waals surface area contributed by atoms with Gasteiger partial charge in [-0.25, -0.2) is 0 Å². The van der Waals surface area contributed by atoms with E-state index in [0.717, 1.165) is 19.3 Å². The van der Waals surface area contributed by atoms with E-state index in [1.807, 2.05) is 0 Å². The van der Waals surface area contributed by atoms with Crippen LogP contribution in [-0.4, -0.2) is 37.2 Å². The Hall–Kier alpha value is -0.0800. The highest BCUT2D eigenvalue weighted by molar-refractivity contribution is 4.76. The van der Waals surface area contributed by atoms with Crippen molar-refractivity contribution in [3.63, 3.8) is 0 Å². The molecule has 2 fully saturated rings. The molecule has 1 saturated carbocycles. The van der Waals surface area contributed by atoms with Crippen LogP contribution in [0.3, 0.4) is 0 Å². The minimum atomic E-state index is 0.891. The van der Waals surface area contributed by atoms with Crippen LogP contribution in [0.1, 0.15) is 32.1 Å². The zero-order valence-corrected chi connectivity index (χ0v) is 7.80. The van der Waals surface area contributed by atoms with E-state index < -0.39 is 0 Å². The molecular formula is C10H19NO. The molecule has 1 saturated heterocycles. The van der Waals surface area contributed by atoms with Gasteiger partial charge in [-0.05, 0) is 12.8 Å². The van der Waals surface area contributed by atoms with Crippen LogP contribution in [0.5, 0.6) is 0 Å². The highest BCUT2D eigenvalue weighted by atomic mass is 16.5. The van der Waals surface area contributed by atoms with Gasteiger partial charge in [0.25, 0.3) is 0 Å². The van der Waals surface area contributed by atoms with Gasteiger partial charge in [0.05, 0.1) is 13.2 Å². The predicted molar refractivity (Wildman–Crippen MR) is 49.3 cm³/mol. The predicted octanol–water partition coefficient (Wildman–Crippen LogP) is 1.65. The van der Waals surface area contributed by atoms with Gasteiger partial charge in [-0.15, -0.1) is 0 Å². The first-order valence-corrected chi connectivity index (χ1v) is 5.28. The van der Waals surface area contributed by atoms with E-state index in [1.165, 1.54) is 45.2 Å². The number of hydrogen-bond donors (Lipinski definition) is 0. The van der Waals surface area contributed by atoms with Gasteiger partial charge in [-0.2, -0.15) is 0 Å². The molecule has 0 atom stereocenters. The Kier molecular flexibility index (Phi) is 3.01. The average Bonchev–Trinajstić information content (AvgIpc) is 2.21. The van der Waals surface area contributed by atoms with Crippen molar-refractivity contribution >= 4 is 0 Å². The molecule has 2 aliphatic rings. The number of hydrogen-bond acceptors (Lipinski definition) is 2. The maximum atomic E-state index is 5.35. The highest BCUT2D eigenvalue weighted by Gasteiger charge is 2.22. The van der Waals surface area contributed by atoms with Crippen molar-refractivity contribution in [2.75, 3.05) is 26.3 Å². The Labute approximate surface area is 74.9 Å². The summed E-state index contributed by atoms with van der Waals surface area (Å²) in [6.07, 6.45) is 7.21. The molecule has 0 radical (unpaired) electrons. The first kappa shape index (κ1) is 8.52. The molecule has 70 valence electrons. The van der Waals surface area contributed by atoms with Crippen molar-refractivity contribution in [1.82, 2.24) is 4.90 Å². The fourth-order valence-corrected chi connectivity index (χ4v) is 2.39. The van der Waals surface area contributed by atoms with Crippen molar-refractivity contribution in [2.24, 2.45) is 0 Å². The molecule has 2 nitrogen and oxygen atoms in total. The van der Waals surface area contributed by atoms with Gasteiger partial charge in [0.1, 0.15) is 0 Å². The molecule has 0 aromatic carbocycles. The second-order valence-corrected chi connectivity index (χ2v) is 3.94. The lowest BCUT2D eigenvalue weighted by atomic mass is 9.94. The smallest absolute Gasteiger partial charge is 0.0594 e. The second kappa shape index (κ2) is 4.24. The third-order valence-corrected chi connectivity index (χ3v) is 3.14. The molecule has 1 aliphatic heterocycles. The molecule has 0 aromatic heterocycles. The quantitative estimate of drug-likeness (QED) is 0.592. The van der Waals surface area contributed by atoms with Gasteiger partial charge < -0.3 is 4.74 Å². The SMILES string of the molecule is C1CCC(N2CCOCC2)CC1. The summed E-state index contributed by atoms with van der Waals surface area (Å²) in [5.41, 5.74) is 0. The van der Waals surface area contributed by atoms with Gasteiger partial charge in [0, 0.05) is 19.1 Å². The molecule has 0 aromatic rings. The van der Waals surface area contributed by atoms with E-state index in [1.54, 1.807) is 0 Å². The lowest BCUT2D eigenvalue weighted by Gasteiger charge is -2.36. The molecule has 1 heterocycles. The maximum absolute atomic E-state index is 5.35. The summed E-state index contributed by atoms with van der Waals surface area (Å²) in [5.74, 6) is 0. The topological polar surface area (TPSA) is 12.5 Å². The zero-order valence-electron chi connectivity index (χ0n) is 7.80. The molecule has 12 heavy (non-hydrogen) atoms. The minimum Gasteiger partial charge on any atom is -0.379 e. The zero-order chi connectivity index (χ0) is 8.23. The normalized spacial score (nSPS) is 29.0. The van der Waals surface area contributed by atoms with E-state index >= 15 is 0 Å². The van der Waals surface area contributed by atoms with Crippen molar-refractivity contribution in [2.45, 2.75) is 38.1 Å². The molecule has 0 N–H and O–H groups in total. The third-order valence-electron chi connectivity index (χ3n) is 3.14. The van der Waals surface area contributed by atoms with Crippen LogP contribution in [0.4, 0.5) is 0 Å². The lowest BCUT2D eigenvalue weighted by molar-refractivity contribution is 0.00858. The third kappa shape index (κ3) is 1.99. The summed E-state index contributed by atoms with van der Waals surface area (Å²) in [4.78, 5) is 2.63. The van der Waals surface area contributed by atoms with Gasteiger partial charge in [0.2, 0.25) is 0 Å². The van der Waals surface area contributed by atoms with Crippen LogP contribution in [0, 0.1) is 0 Å². The molecule has 0 unspecified atom stereocenters. The molecule has 0 spiro atoms. The first-order chi connectivity index (χ1) is 5.97. The van der Waals surface area contributed by atoms with Gasteiger partial charge in [0.15, 0.2) is 0 Å². The molecule has 2 heteroatoms. The summed E-state index contributed by atoms with van der Waals surface area (Å²) in [6, 6.07) is 0.891. The van der Waals surface area contributed by atoms with E-state index in [0.29, 0.717) is 0 Å². The van der Waals surface area contributed by atoms with Crippen molar-refractivity contribution in [3.05, 3.63) is 0 Å². The first-order valence-electron chi connectivity index (χ1n) is 5.28. The van der Waals surface area contributed by atoms with Crippen LogP contribution >= 0.6 is 0 Å². The van der Waals surface area contributed by atoms with Crippen LogP contribution in [0.15, 0.2) is 0 Å². The van der Waals surface area contributed by atoms with Crippen LogP contribution in [0.2, 0.25) is 0 Å². The van der Waals surface area contributed by atoms with Crippen molar-refractivity contribution in [1.29, 1.82) is 0 Å². The molecule has 0 amide bonds. The highest BCUT2D eigenvalue weighted by Crippen LogP contribution is 2.22. The second-order valence-electron chi connectivity index (χ2n) is 3.94. The Bertz CT molecular complexity index is 110. The van der Waals surface area contributed by atoms with E-state index in [4.69, 9.17) is 4.74 Å². The molecule has 0 bridgehead atoms. The largest absolute Gasteiger partial charge is 0.379 e. The fourth-order valence-electron chi connectivity index (χ4n) is 2.39. The summed E-state index contributed by atoms with van der Waals surface area (Å²) < 4.78 is 5.35. The van der Waals surface area contributed by atoms with Crippen molar-refractivity contribution < 1.29 is 4.74 Å². The summed E-state index contributed by atoms with van der Waals surface area (Å²) in [7, 11) is 0. The van der Waals surface area contributed by atoms with E-state index in [9.17, 15) is 0 Å². The van der Waals surface area contributed by atoms with Crippen LogP contribution in [0.25, 0.3) is 0 Å². The Morgan fingerprint density at radius 3 is 2.25 bits per heavy atom. The van der Waals surface area contributed by atoms with Crippen LogP contribution < -0.4 is 0 Å². The number of nitrogens with zero attached hydrogens (tertiary/aromatic N) is 1. The van der Waals surface area contributed by atoms with Gasteiger partial charge >= 0.3 is 0 Å².